The maximum Gasteiger partial charge on any atom is 0.244 e. The number of aryl methyl sites for hydroxylation is 2. The number of hydrogen-bond donors (Lipinski definition) is 1. The van der Waals surface area contributed by atoms with Gasteiger partial charge in [0.25, 0.3) is 0 Å². The van der Waals surface area contributed by atoms with Crippen molar-refractivity contribution in [3.63, 3.8) is 0 Å². The maximum atomic E-state index is 12.7. The SMILES string of the molecule is Cc1ccc([C@H](CCN2[C@@H]3CC[C@H]2CC(n2c(C)nnc2C(C)C)C3)NC(=O)Cn2ncnn2)s1. The third-order valence-electron chi connectivity index (χ3n) is 7.43. The van der Waals surface area contributed by atoms with E-state index in [1.807, 2.05) is 0 Å². The van der Waals surface area contributed by atoms with E-state index in [0.717, 1.165) is 37.5 Å². The van der Waals surface area contributed by atoms with Crippen LogP contribution in [0.1, 0.15) is 85.4 Å². The van der Waals surface area contributed by atoms with Gasteiger partial charge in [-0.15, -0.1) is 31.7 Å². The number of hydrogen-bond acceptors (Lipinski definition) is 8. The molecule has 2 fully saturated rings. The Morgan fingerprint density at radius 3 is 2.54 bits per heavy atom. The van der Waals surface area contributed by atoms with Crippen molar-refractivity contribution in [1.82, 2.24) is 45.2 Å². The minimum atomic E-state index is -0.0926. The second-order valence-electron chi connectivity index (χ2n) is 10.2. The molecule has 0 radical (unpaired) electrons. The van der Waals surface area contributed by atoms with E-state index in [2.05, 4.69) is 80.2 Å². The average Bonchev–Trinajstić information content (AvgIpc) is 3.60. The lowest BCUT2D eigenvalue weighted by atomic mass is 9.95. The van der Waals surface area contributed by atoms with Gasteiger partial charge in [0.1, 0.15) is 18.2 Å². The Kier molecular flexibility index (Phi) is 6.97. The van der Waals surface area contributed by atoms with Gasteiger partial charge in [0.15, 0.2) is 6.33 Å². The minimum absolute atomic E-state index is 0.0190. The molecule has 188 valence electrons. The number of carbonyl (C=O) groups excluding carboxylic acids is 1. The van der Waals surface area contributed by atoms with Crippen LogP contribution in [0.25, 0.3) is 0 Å². The molecule has 0 aromatic carbocycles. The molecule has 0 spiro atoms. The van der Waals surface area contributed by atoms with Gasteiger partial charge in [-0.2, -0.15) is 4.80 Å². The van der Waals surface area contributed by atoms with Crippen LogP contribution in [0.5, 0.6) is 0 Å². The number of nitrogens with zero attached hydrogens (tertiary/aromatic N) is 8. The summed E-state index contributed by atoms with van der Waals surface area (Å²) in [5, 5.41) is 23.6. The van der Waals surface area contributed by atoms with Crippen LogP contribution in [0, 0.1) is 13.8 Å². The van der Waals surface area contributed by atoms with Crippen LogP contribution in [0.4, 0.5) is 0 Å². The largest absolute Gasteiger partial charge is 0.347 e. The van der Waals surface area contributed by atoms with Crippen molar-refractivity contribution >= 4 is 17.2 Å². The summed E-state index contributed by atoms with van der Waals surface area (Å²) in [6.45, 7) is 9.64. The first-order chi connectivity index (χ1) is 16.9. The smallest absolute Gasteiger partial charge is 0.244 e. The standard InChI is InChI=1S/C24H35N9OS/c1-15(2)24-29-28-17(4)33(24)20-11-18-6-7-19(12-20)31(18)10-9-21(22-8-5-16(3)35-22)27-23(34)13-32-26-14-25-30-32/h5,8,14-15,18-21H,6-7,9-13H2,1-4H3,(H,27,34)/t18-,19+,20?,21-/m0/s1. The molecule has 2 saturated heterocycles. The quantitative estimate of drug-likeness (QED) is 0.484. The zero-order chi connectivity index (χ0) is 24.5. The average molecular weight is 498 g/mol. The molecular weight excluding hydrogens is 462 g/mol. The van der Waals surface area contributed by atoms with Crippen molar-refractivity contribution in [2.45, 2.75) is 96.4 Å². The summed E-state index contributed by atoms with van der Waals surface area (Å²) in [7, 11) is 0. The van der Waals surface area contributed by atoms with Crippen LogP contribution >= 0.6 is 11.3 Å². The van der Waals surface area contributed by atoms with Crippen molar-refractivity contribution < 1.29 is 4.79 Å². The second kappa shape index (κ2) is 10.1. The number of carbonyl (C=O) groups is 1. The summed E-state index contributed by atoms with van der Waals surface area (Å²) in [5.74, 6) is 2.42. The molecule has 2 aliphatic heterocycles. The Hall–Kier alpha value is -2.66. The van der Waals surface area contributed by atoms with Gasteiger partial charge in [-0.05, 0) is 63.3 Å². The lowest BCUT2D eigenvalue weighted by molar-refractivity contribution is -0.122. The normalized spacial score (nSPS) is 23.2. The molecular formula is C24H35N9OS. The van der Waals surface area contributed by atoms with Gasteiger partial charge < -0.3 is 9.88 Å². The topological polar surface area (TPSA) is 107 Å². The summed E-state index contributed by atoms with van der Waals surface area (Å²) in [5.41, 5.74) is 0. The first kappa shape index (κ1) is 24.1. The molecule has 0 saturated carbocycles. The first-order valence-corrected chi connectivity index (χ1v) is 13.4. The fourth-order valence-electron chi connectivity index (χ4n) is 5.89. The van der Waals surface area contributed by atoms with Gasteiger partial charge in [0.2, 0.25) is 5.91 Å². The van der Waals surface area contributed by atoms with E-state index < -0.39 is 0 Å². The van der Waals surface area contributed by atoms with Crippen molar-refractivity contribution in [3.8, 4) is 0 Å². The van der Waals surface area contributed by atoms with E-state index in [-0.39, 0.29) is 18.5 Å². The molecule has 1 unspecified atom stereocenters. The highest BCUT2D eigenvalue weighted by atomic mass is 32.1. The Bertz CT molecular complexity index is 1120. The van der Waals surface area contributed by atoms with Crippen LogP contribution in [0.3, 0.4) is 0 Å². The lowest BCUT2D eigenvalue weighted by Gasteiger charge is -2.40. The number of nitrogens with one attached hydrogen (secondary N) is 1. The van der Waals surface area contributed by atoms with Crippen LogP contribution in [-0.2, 0) is 11.3 Å². The van der Waals surface area contributed by atoms with E-state index in [0.29, 0.717) is 24.0 Å². The van der Waals surface area contributed by atoms with Gasteiger partial charge >= 0.3 is 0 Å². The predicted molar refractivity (Wildman–Crippen MR) is 133 cm³/mol. The van der Waals surface area contributed by atoms with E-state index in [1.165, 1.54) is 33.7 Å². The number of aromatic nitrogens is 7. The summed E-state index contributed by atoms with van der Waals surface area (Å²) in [4.78, 5) is 19.2. The zero-order valence-electron chi connectivity index (χ0n) is 21.0. The summed E-state index contributed by atoms with van der Waals surface area (Å²) >= 11 is 1.75. The highest BCUT2D eigenvalue weighted by molar-refractivity contribution is 7.12. The van der Waals surface area contributed by atoms with Crippen molar-refractivity contribution in [2.24, 2.45) is 0 Å². The van der Waals surface area contributed by atoms with Crippen LogP contribution < -0.4 is 5.32 Å². The second-order valence-corrected chi connectivity index (χ2v) is 11.5. The monoisotopic (exact) mass is 497 g/mol. The molecule has 4 atom stereocenters. The van der Waals surface area contributed by atoms with E-state index in [1.54, 1.807) is 11.3 Å². The Morgan fingerprint density at radius 2 is 1.91 bits per heavy atom. The predicted octanol–water partition coefficient (Wildman–Crippen LogP) is 3.18. The number of piperidine rings is 1. The molecule has 11 heteroatoms. The Balaban J connectivity index is 1.25. The molecule has 5 rings (SSSR count). The fourth-order valence-corrected chi connectivity index (χ4v) is 6.85. The highest BCUT2D eigenvalue weighted by Gasteiger charge is 2.42. The van der Waals surface area contributed by atoms with Gasteiger partial charge in [-0.3, -0.25) is 9.69 Å². The summed E-state index contributed by atoms with van der Waals surface area (Å²) < 4.78 is 2.41. The molecule has 2 bridgehead atoms. The lowest BCUT2D eigenvalue weighted by Crippen LogP contribution is -2.45. The van der Waals surface area contributed by atoms with Crippen molar-refractivity contribution in [2.75, 3.05) is 6.54 Å². The fraction of sp³-hybridized carbons (Fsp3) is 0.667. The minimum Gasteiger partial charge on any atom is -0.347 e. The number of fused-ring (bicyclic) bond motifs is 2. The number of rotatable bonds is 9. The molecule has 1 N–H and O–H groups in total. The third-order valence-corrected chi connectivity index (χ3v) is 8.54. The molecule has 2 aliphatic rings. The highest BCUT2D eigenvalue weighted by Crippen LogP contribution is 2.42. The van der Waals surface area contributed by atoms with Crippen molar-refractivity contribution in [1.29, 1.82) is 0 Å². The molecule has 3 aromatic heterocycles. The van der Waals surface area contributed by atoms with Crippen LogP contribution in [0.15, 0.2) is 18.5 Å². The van der Waals surface area contributed by atoms with Gasteiger partial charge in [-0.25, -0.2) is 0 Å². The third kappa shape index (κ3) is 5.16. The zero-order valence-corrected chi connectivity index (χ0v) is 21.8. The van der Waals surface area contributed by atoms with Gasteiger partial charge in [0, 0.05) is 40.3 Å². The summed E-state index contributed by atoms with van der Waals surface area (Å²) in [6, 6.07) is 5.86. The van der Waals surface area contributed by atoms with E-state index >= 15 is 0 Å². The Morgan fingerprint density at radius 1 is 1.14 bits per heavy atom. The molecule has 0 aliphatic carbocycles. The molecule has 10 nitrogen and oxygen atoms in total. The van der Waals surface area contributed by atoms with E-state index in [4.69, 9.17) is 0 Å². The first-order valence-electron chi connectivity index (χ1n) is 12.6. The maximum absolute atomic E-state index is 12.7. The van der Waals surface area contributed by atoms with Crippen molar-refractivity contribution in [3.05, 3.63) is 39.9 Å². The molecule has 1 amide bonds. The van der Waals surface area contributed by atoms with Gasteiger partial charge in [-0.1, -0.05) is 13.8 Å². The number of tetrazole rings is 1. The summed E-state index contributed by atoms with van der Waals surface area (Å²) in [6.07, 6.45) is 7.00. The number of amides is 1. The van der Waals surface area contributed by atoms with Gasteiger partial charge in [0.05, 0.1) is 6.04 Å². The molecule has 3 aromatic rings. The molecule has 5 heterocycles. The van der Waals surface area contributed by atoms with E-state index in [9.17, 15) is 4.79 Å². The Labute approximate surface area is 210 Å². The van der Waals surface area contributed by atoms with Crippen LogP contribution in [0.2, 0.25) is 0 Å². The molecule has 35 heavy (non-hydrogen) atoms. The number of thiophene rings is 1. The van der Waals surface area contributed by atoms with Crippen LogP contribution in [-0.4, -0.2) is 64.4 Å².